The highest BCUT2D eigenvalue weighted by atomic mass is 35.5. The Hall–Kier alpha value is -0.420. The molecule has 1 fully saturated rings. The van der Waals surface area contributed by atoms with Crippen LogP contribution in [0.3, 0.4) is 0 Å². The lowest BCUT2D eigenvalue weighted by atomic mass is 9.90. The Balaban J connectivity index is 0.00000220. The number of nitrogens with zero attached hydrogens (tertiary/aromatic N) is 1. The number of likely N-dealkylation sites (tertiary alicyclic amines) is 1. The quantitative estimate of drug-likeness (QED) is 0.847. The van der Waals surface area contributed by atoms with Crippen molar-refractivity contribution in [3.8, 4) is 0 Å². The van der Waals surface area contributed by atoms with Gasteiger partial charge in [0.2, 0.25) is 0 Å². The lowest BCUT2D eigenvalue weighted by Gasteiger charge is -2.34. The molecular formula is C15H22Cl2N2OS. The summed E-state index contributed by atoms with van der Waals surface area (Å²) in [5.74, 6) is 0.557. The summed E-state index contributed by atoms with van der Waals surface area (Å²) in [6.07, 6.45) is 3.94. The van der Waals surface area contributed by atoms with Crippen molar-refractivity contribution in [1.29, 1.82) is 0 Å². The van der Waals surface area contributed by atoms with Gasteiger partial charge >= 0.3 is 0 Å². The molecule has 21 heavy (non-hydrogen) atoms. The highest BCUT2D eigenvalue weighted by Crippen LogP contribution is 2.26. The van der Waals surface area contributed by atoms with Crippen molar-refractivity contribution in [3.05, 3.63) is 28.8 Å². The molecule has 1 atom stereocenters. The van der Waals surface area contributed by atoms with Crippen molar-refractivity contribution in [2.45, 2.75) is 30.7 Å². The number of hydrogen-bond acceptors (Lipinski definition) is 3. The molecule has 1 aromatic rings. The van der Waals surface area contributed by atoms with Crippen molar-refractivity contribution in [3.63, 3.8) is 0 Å². The maximum Gasteiger partial charge on any atom is 0.255 e. The van der Waals surface area contributed by atoms with Crippen LogP contribution in [0.2, 0.25) is 5.02 Å². The van der Waals surface area contributed by atoms with Crippen LogP contribution in [-0.4, -0.2) is 36.2 Å². The average molecular weight is 349 g/mol. The molecule has 1 aliphatic heterocycles. The molecular weight excluding hydrogens is 327 g/mol. The van der Waals surface area contributed by atoms with Gasteiger partial charge < -0.3 is 10.6 Å². The Morgan fingerprint density at radius 1 is 1.43 bits per heavy atom. The van der Waals surface area contributed by atoms with Gasteiger partial charge in [-0.25, -0.2) is 0 Å². The first-order valence-electron chi connectivity index (χ1n) is 6.91. The second-order valence-electron chi connectivity index (χ2n) is 5.33. The Morgan fingerprint density at radius 2 is 2.05 bits per heavy atom. The second-order valence-corrected chi connectivity index (χ2v) is 6.62. The molecule has 2 N–H and O–H groups in total. The minimum Gasteiger partial charge on any atom is -0.339 e. The van der Waals surface area contributed by atoms with Gasteiger partial charge in [-0.05, 0) is 50.1 Å². The summed E-state index contributed by atoms with van der Waals surface area (Å²) in [5, 5.41) is 0.530. The number of hydrogen-bond donors (Lipinski definition) is 1. The van der Waals surface area contributed by atoms with Crippen LogP contribution in [0.15, 0.2) is 23.1 Å². The van der Waals surface area contributed by atoms with Crippen molar-refractivity contribution in [1.82, 2.24) is 4.90 Å². The standard InChI is InChI=1S/C15H21ClN2OS.ClH/c1-10(17)11-5-7-18(8-6-11)15(19)13-9-12(20-2)3-4-14(13)16;/h3-4,9-11H,5-8,17H2,1-2H3;1H. The number of piperidine rings is 1. The van der Waals surface area contributed by atoms with Crippen LogP contribution in [0.4, 0.5) is 0 Å². The van der Waals surface area contributed by atoms with Crippen LogP contribution >= 0.6 is 35.8 Å². The SMILES string of the molecule is CSc1ccc(Cl)c(C(=O)N2CCC(C(C)N)CC2)c1.Cl. The van der Waals surface area contributed by atoms with Gasteiger partial charge in [0.15, 0.2) is 0 Å². The third kappa shape index (κ3) is 4.52. The van der Waals surface area contributed by atoms with Crippen LogP contribution in [0.5, 0.6) is 0 Å². The number of nitrogens with two attached hydrogens (primary N) is 1. The molecule has 0 radical (unpaired) electrons. The summed E-state index contributed by atoms with van der Waals surface area (Å²) >= 11 is 7.78. The summed E-state index contributed by atoms with van der Waals surface area (Å²) in [4.78, 5) is 15.5. The van der Waals surface area contributed by atoms with Crippen molar-refractivity contribution in [2.24, 2.45) is 11.7 Å². The van der Waals surface area contributed by atoms with Gasteiger partial charge in [0.05, 0.1) is 10.6 Å². The van der Waals surface area contributed by atoms with E-state index in [-0.39, 0.29) is 24.4 Å². The molecule has 6 heteroatoms. The fourth-order valence-corrected chi connectivity index (χ4v) is 3.23. The fraction of sp³-hybridized carbons (Fsp3) is 0.533. The minimum absolute atomic E-state index is 0. The number of carbonyl (C=O) groups excluding carboxylic acids is 1. The lowest BCUT2D eigenvalue weighted by Crippen LogP contribution is -2.42. The van der Waals surface area contributed by atoms with E-state index >= 15 is 0 Å². The predicted octanol–water partition coefficient (Wildman–Crippen LogP) is 3.68. The first-order valence-corrected chi connectivity index (χ1v) is 8.51. The van der Waals surface area contributed by atoms with Crippen molar-refractivity contribution in [2.75, 3.05) is 19.3 Å². The van der Waals surface area contributed by atoms with E-state index in [1.54, 1.807) is 17.8 Å². The molecule has 3 nitrogen and oxygen atoms in total. The van der Waals surface area contributed by atoms with Crippen molar-refractivity contribution >= 4 is 41.7 Å². The topological polar surface area (TPSA) is 46.3 Å². The minimum atomic E-state index is 0. The van der Waals surface area contributed by atoms with E-state index in [4.69, 9.17) is 17.3 Å². The van der Waals surface area contributed by atoms with E-state index < -0.39 is 0 Å². The molecule has 1 saturated heterocycles. The average Bonchev–Trinajstić information content (AvgIpc) is 2.47. The zero-order valence-corrected chi connectivity index (χ0v) is 14.7. The maximum absolute atomic E-state index is 12.6. The Labute approximate surface area is 142 Å². The van der Waals surface area contributed by atoms with Crippen LogP contribution in [-0.2, 0) is 0 Å². The molecule has 1 aromatic carbocycles. The molecule has 2 rings (SSSR count). The summed E-state index contributed by atoms with van der Waals surface area (Å²) in [6, 6.07) is 5.82. The van der Waals surface area contributed by atoms with Gasteiger partial charge in [-0.15, -0.1) is 24.2 Å². The molecule has 0 spiro atoms. The Morgan fingerprint density at radius 3 is 2.57 bits per heavy atom. The fourth-order valence-electron chi connectivity index (χ4n) is 2.59. The first-order chi connectivity index (χ1) is 9.52. The summed E-state index contributed by atoms with van der Waals surface area (Å²) in [7, 11) is 0. The van der Waals surface area contributed by atoms with Crippen LogP contribution in [0.1, 0.15) is 30.1 Å². The first kappa shape index (κ1) is 18.6. The molecule has 1 aliphatic rings. The largest absolute Gasteiger partial charge is 0.339 e. The molecule has 1 unspecified atom stereocenters. The van der Waals surface area contributed by atoms with E-state index in [1.807, 2.05) is 30.2 Å². The third-order valence-corrected chi connectivity index (χ3v) is 5.03. The van der Waals surface area contributed by atoms with Gasteiger partial charge in [-0.3, -0.25) is 4.79 Å². The summed E-state index contributed by atoms with van der Waals surface area (Å²) in [5.41, 5.74) is 6.54. The number of carbonyl (C=O) groups is 1. The van der Waals surface area contributed by atoms with Crippen LogP contribution in [0, 0.1) is 5.92 Å². The maximum atomic E-state index is 12.6. The van der Waals surface area contributed by atoms with E-state index in [9.17, 15) is 4.79 Å². The van der Waals surface area contributed by atoms with E-state index in [2.05, 4.69) is 0 Å². The zero-order chi connectivity index (χ0) is 14.7. The van der Waals surface area contributed by atoms with Gasteiger partial charge in [0.25, 0.3) is 5.91 Å². The van der Waals surface area contributed by atoms with Gasteiger partial charge in [-0.1, -0.05) is 11.6 Å². The van der Waals surface area contributed by atoms with E-state index in [1.165, 1.54) is 0 Å². The Bertz CT molecular complexity index is 489. The van der Waals surface area contributed by atoms with Crippen molar-refractivity contribution < 1.29 is 4.79 Å². The number of rotatable bonds is 3. The molecule has 1 amide bonds. The molecule has 0 bridgehead atoms. The lowest BCUT2D eigenvalue weighted by molar-refractivity contribution is 0.0681. The van der Waals surface area contributed by atoms with Gasteiger partial charge in [0.1, 0.15) is 0 Å². The van der Waals surface area contributed by atoms with Gasteiger partial charge in [0, 0.05) is 24.0 Å². The third-order valence-electron chi connectivity index (χ3n) is 3.97. The Kier molecular flexibility index (Phi) is 7.34. The highest BCUT2D eigenvalue weighted by molar-refractivity contribution is 7.98. The number of halogens is 2. The smallest absolute Gasteiger partial charge is 0.255 e. The normalized spacial score (nSPS) is 17.2. The monoisotopic (exact) mass is 348 g/mol. The molecule has 0 saturated carbocycles. The highest BCUT2D eigenvalue weighted by Gasteiger charge is 2.26. The molecule has 0 aliphatic carbocycles. The number of benzene rings is 1. The number of thioether (sulfide) groups is 1. The van der Waals surface area contributed by atoms with Crippen LogP contribution in [0.25, 0.3) is 0 Å². The molecule has 0 aromatic heterocycles. The predicted molar refractivity (Wildman–Crippen MR) is 92.8 cm³/mol. The summed E-state index contributed by atoms with van der Waals surface area (Å²) < 4.78 is 0. The van der Waals surface area contributed by atoms with Crippen LogP contribution < -0.4 is 5.73 Å². The second kappa shape index (κ2) is 8.28. The molecule has 118 valence electrons. The zero-order valence-electron chi connectivity index (χ0n) is 12.3. The van der Waals surface area contributed by atoms with E-state index in [0.29, 0.717) is 16.5 Å². The van der Waals surface area contributed by atoms with E-state index in [0.717, 1.165) is 30.8 Å². The van der Waals surface area contributed by atoms with Gasteiger partial charge in [-0.2, -0.15) is 0 Å². The number of amides is 1. The molecule has 1 heterocycles. The summed E-state index contributed by atoms with van der Waals surface area (Å²) in [6.45, 7) is 3.58.